The number of nitrogens with zero attached hydrogens (tertiary/aromatic N) is 2. The Hall–Kier alpha value is -0.690. The molecule has 1 aromatic carbocycles. The summed E-state index contributed by atoms with van der Waals surface area (Å²) < 4.78 is 3.99. The summed E-state index contributed by atoms with van der Waals surface area (Å²) in [6.07, 6.45) is 4.74. The summed E-state index contributed by atoms with van der Waals surface area (Å²) in [5, 5.41) is 4.28. The van der Waals surface area contributed by atoms with Crippen molar-refractivity contribution in [1.82, 2.24) is 15.2 Å². The molecule has 0 aliphatic heterocycles. The third-order valence-corrected chi connectivity index (χ3v) is 4.17. The average Bonchev–Trinajstić information content (AvgIpc) is 2.84. The van der Waals surface area contributed by atoms with Crippen molar-refractivity contribution in [3.05, 3.63) is 50.7 Å². The number of rotatable bonds is 5. The molecule has 2 rings (SSSR count). The first-order chi connectivity index (χ1) is 9.13. The minimum atomic E-state index is 0.0528. The van der Waals surface area contributed by atoms with Crippen LogP contribution in [0.5, 0.6) is 0 Å². The number of aromatic nitrogens is 2. The molecule has 6 heteroatoms. The number of hydrazine groups is 1. The smallest absolute Gasteiger partial charge is 0.0522 e. The summed E-state index contributed by atoms with van der Waals surface area (Å²) in [5.74, 6) is 5.69. The largest absolute Gasteiger partial charge is 0.273 e. The molecule has 1 unspecified atom stereocenters. The van der Waals surface area contributed by atoms with E-state index >= 15 is 0 Å². The van der Waals surface area contributed by atoms with Gasteiger partial charge in [0.2, 0.25) is 0 Å². The summed E-state index contributed by atoms with van der Waals surface area (Å²) >= 11 is 7.03. The first-order valence-corrected chi connectivity index (χ1v) is 7.65. The Morgan fingerprint density at radius 1 is 1.42 bits per heavy atom. The van der Waals surface area contributed by atoms with E-state index in [-0.39, 0.29) is 6.04 Å². The molecule has 1 atom stereocenters. The van der Waals surface area contributed by atoms with Crippen molar-refractivity contribution >= 4 is 31.9 Å². The first-order valence-electron chi connectivity index (χ1n) is 6.06. The van der Waals surface area contributed by atoms with Gasteiger partial charge in [0.05, 0.1) is 12.2 Å². The third kappa shape index (κ3) is 3.66. The standard InChI is InChI=1S/C13H16Br2N4/c1-2-19-8-9(7-17-19)5-13(18-16)11-4-3-10(14)6-12(11)15/h3-4,6-8,13,18H,2,5,16H2,1H3. The minimum Gasteiger partial charge on any atom is -0.273 e. The fourth-order valence-corrected chi connectivity index (χ4v) is 3.29. The maximum Gasteiger partial charge on any atom is 0.0522 e. The quantitative estimate of drug-likeness (QED) is 0.611. The Bertz CT molecular complexity index is 553. The Morgan fingerprint density at radius 2 is 2.21 bits per heavy atom. The summed E-state index contributed by atoms with van der Waals surface area (Å²) in [6, 6.07) is 6.15. The lowest BCUT2D eigenvalue weighted by Crippen LogP contribution is -2.29. The molecule has 4 nitrogen and oxygen atoms in total. The van der Waals surface area contributed by atoms with Gasteiger partial charge in [0, 0.05) is 21.7 Å². The fourth-order valence-electron chi connectivity index (χ4n) is 1.96. The van der Waals surface area contributed by atoms with Gasteiger partial charge in [-0.2, -0.15) is 5.10 Å². The Morgan fingerprint density at radius 3 is 2.79 bits per heavy atom. The van der Waals surface area contributed by atoms with Crippen molar-refractivity contribution in [2.45, 2.75) is 25.9 Å². The van der Waals surface area contributed by atoms with Crippen molar-refractivity contribution in [2.75, 3.05) is 0 Å². The van der Waals surface area contributed by atoms with E-state index < -0.39 is 0 Å². The van der Waals surface area contributed by atoms with Gasteiger partial charge in [-0.15, -0.1) is 0 Å². The molecule has 2 aromatic rings. The van der Waals surface area contributed by atoms with Gasteiger partial charge in [0.1, 0.15) is 0 Å². The zero-order chi connectivity index (χ0) is 13.8. The van der Waals surface area contributed by atoms with Crippen molar-refractivity contribution in [1.29, 1.82) is 0 Å². The molecule has 0 radical (unpaired) electrons. The van der Waals surface area contributed by atoms with Gasteiger partial charge in [0.15, 0.2) is 0 Å². The lowest BCUT2D eigenvalue weighted by atomic mass is 10.0. The molecular weight excluding hydrogens is 372 g/mol. The van der Waals surface area contributed by atoms with Crippen LogP contribution in [0, 0.1) is 0 Å². The number of nitrogens with two attached hydrogens (primary N) is 1. The van der Waals surface area contributed by atoms with Gasteiger partial charge in [-0.1, -0.05) is 37.9 Å². The van der Waals surface area contributed by atoms with Gasteiger partial charge in [-0.3, -0.25) is 16.0 Å². The van der Waals surface area contributed by atoms with E-state index in [9.17, 15) is 0 Å². The van der Waals surface area contributed by atoms with Crippen LogP contribution in [0.2, 0.25) is 0 Å². The molecule has 19 heavy (non-hydrogen) atoms. The van der Waals surface area contributed by atoms with Crippen molar-refractivity contribution in [2.24, 2.45) is 5.84 Å². The van der Waals surface area contributed by atoms with Crippen LogP contribution in [0.4, 0.5) is 0 Å². The summed E-state index contributed by atoms with van der Waals surface area (Å²) in [7, 11) is 0. The summed E-state index contributed by atoms with van der Waals surface area (Å²) in [5.41, 5.74) is 5.17. The second kappa shape index (κ2) is 6.65. The Kier molecular flexibility index (Phi) is 5.15. The zero-order valence-electron chi connectivity index (χ0n) is 10.6. The van der Waals surface area contributed by atoms with E-state index in [4.69, 9.17) is 5.84 Å². The Balaban J connectivity index is 2.19. The molecule has 1 heterocycles. The second-order valence-electron chi connectivity index (χ2n) is 4.29. The summed E-state index contributed by atoms with van der Waals surface area (Å²) in [4.78, 5) is 0. The molecule has 0 aliphatic rings. The highest BCUT2D eigenvalue weighted by molar-refractivity contribution is 9.11. The highest BCUT2D eigenvalue weighted by Gasteiger charge is 2.14. The minimum absolute atomic E-state index is 0.0528. The lowest BCUT2D eigenvalue weighted by Gasteiger charge is -2.17. The molecular formula is C13H16Br2N4. The van der Waals surface area contributed by atoms with Gasteiger partial charge in [-0.05, 0) is 36.6 Å². The number of halogens is 2. The van der Waals surface area contributed by atoms with Crippen molar-refractivity contribution in [3.8, 4) is 0 Å². The molecule has 0 amide bonds. The molecule has 0 spiro atoms. The monoisotopic (exact) mass is 386 g/mol. The van der Waals surface area contributed by atoms with Crippen molar-refractivity contribution in [3.63, 3.8) is 0 Å². The van der Waals surface area contributed by atoms with Crippen LogP contribution < -0.4 is 11.3 Å². The van der Waals surface area contributed by atoms with Gasteiger partial charge in [-0.25, -0.2) is 0 Å². The molecule has 0 aliphatic carbocycles. The predicted octanol–water partition coefficient (Wildman–Crippen LogP) is 3.18. The average molecular weight is 388 g/mol. The summed E-state index contributed by atoms with van der Waals surface area (Å²) in [6.45, 7) is 2.95. The van der Waals surface area contributed by atoms with Gasteiger partial charge >= 0.3 is 0 Å². The van der Waals surface area contributed by atoms with E-state index in [1.807, 2.05) is 23.0 Å². The fraction of sp³-hybridized carbons (Fsp3) is 0.308. The highest BCUT2D eigenvalue weighted by atomic mass is 79.9. The molecule has 0 bridgehead atoms. The molecule has 102 valence electrons. The van der Waals surface area contributed by atoms with Gasteiger partial charge in [0.25, 0.3) is 0 Å². The number of nitrogens with one attached hydrogen (secondary N) is 1. The molecule has 0 fully saturated rings. The lowest BCUT2D eigenvalue weighted by molar-refractivity contribution is 0.549. The molecule has 0 saturated carbocycles. The van der Waals surface area contributed by atoms with Crippen LogP contribution in [0.25, 0.3) is 0 Å². The van der Waals surface area contributed by atoms with E-state index in [1.165, 1.54) is 5.56 Å². The highest BCUT2D eigenvalue weighted by Crippen LogP contribution is 2.28. The van der Waals surface area contributed by atoms with E-state index in [0.29, 0.717) is 0 Å². The number of hydrogen-bond donors (Lipinski definition) is 2. The van der Waals surface area contributed by atoms with Crippen LogP contribution in [-0.2, 0) is 13.0 Å². The van der Waals surface area contributed by atoms with E-state index in [2.05, 4.69) is 61.6 Å². The second-order valence-corrected chi connectivity index (χ2v) is 6.06. The normalized spacial score (nSPS) is 12.6. The first kappa shape index (κ1) is 14.7. The van der Waals surface area contributed by atoms with E-state index in [1.54, 1.807) is 0 Å². The Labute approximate surface area is 129 Å². The maximum absolute atomic E-state index is 5.69. The number of hydrogen-bond acceptors (Lipinski definition) is 3. The zero-order valence-corrected chi connectivity index (χ0v) is 13.8. The van der Waals surface area contributed by atoms with Crippen LogP contribution in [0.3, 0.4) is 0 Å². The SMILES string of the molecule is CCn1cc(CC(NN)c2ccc(Br)cc2Br)cn1. The molecule has 3 N–H and O–H groups in total. The number of benzene rings is 1. The van der Waals surface area contributed by atoms with E-state index in [0.717, 1.165) is 27.5 Å². The molecule has 1 aromatic heterocycles. The topological polar surface area (TPSA) is 55.9 Å². The molecule has 0 saturated heterocycles. The van der Waals surface area contributed by atoms with Crippen LogP contribution in [0.1, 0.15) is 24.1 Å². The number of aryl methyl sites for hydroxylation is 1. The van der Waals surface area contributed by atoms with Gasteiger partial charge < -0.3 is 0 Å². The van der Waals surface area contributed by atoms with Crippen LogP contribution >= 0.6 is 31.9 Å². The van der Waals surface area contributed by atoms with Crippen LogP contribution in [-0.4, -0.2) is 9.78 Å². The van der Waals surface area contributed by atoms with Crippen LogP contribution in [0.15, 0.2) is 39.5 Å². The maximum atomic E-state index is 5.69. The third-order valence-electron chi connectivity index (χ3n) is 2.99. The van der Waals surface area contributed by atoms with Crippen molar-refractivity contribution < 1.29 is 0 Å². The predicted molar refractivity (Wildman–Crippen MR) is 83.5 cm³/mol.